The van der Waals surface area contributed by atoms with E-state index in [0.717, 1.165) is 0 Å². The Balaban J connectivity index is 2.86. The lowest BCUT2D eigenvalue weighted by Crippen LogP contribution is -2.11. The van der Waals surface area contributed by atoms with Crippen LogP contribution in [0, 0.1) is 6.92 Å². The van der Waals surface area contributed by atoms with Gasteiger partial charge in [0.2, 0.25) is 5.89 Å². The number of hydrogen-bond acceptors (Lipinski definition) is 5. The lowest BCUT2D eigenvalue weighted by molar-refractivity contribution is -0.215. The molecule has 10 heavy (non-hydrogen) atoms. The third-order valence-electron chi connectivity index (χ3n) is 0.774. The van der Waals surface area contributed by atoms with E-state index in [2.05, 4.69) is 19.7 Å². The van der Waals surface area contributed by atoms with Gasteiger partial charge in [0, 0.05) is 6.92 Å². The second-order valence-corrected chi connectivity index (χ2v) is 1.74. The molecular formula is C5H6N3O2-. The van der Waals surface area contributed by atoms with E-state index >= 15 is 0 Å². The number of aromatic nitrogens is 2. The molecule has 0 aromatic carbocycles. The normalized spacial score (nSPS) is 12.0. The van der Waals surface area contributed by atoms with Crippen LogP contribution in [0.1, 0.15) is 12.8 Å². The fraction of sp³-hybridized carbons (Fsp3) is 0.400. The Kier molecular flexibility index (Phi) is 1.66. The molecule has 0 amide bonds. The quantitative estimate of drug-likeness (QED) is 0.399. The number of nitrogens with zero attached hydrogens (tertiary/aromatic N) is 3. The van der Waals surface area contributed by atoms with Crippen molar-refractivity contribution >= 4 is 11.8 Å². The smallest absolute Gasteiger partial charge is 0.288 e. The molecule has 0 saturated heterocycles. The highest BCUT2D eigenvalue weighted by molar-refractivity contribution is 5.70. The van der Waals surface area contributed by atoms with Gasteiger partial charge in [0.1, 0.15) is 0 Å². The second kappa shape index (κ2) is 2.47. The van der Waals surface area contributed by atoms with Gasteiger partial charge in [-0.25, -0.2) is 4.99 Å². The lowest BCUT2D eigenvalue weighted by Gasteiger charge is -1.96. The molecular weight excluding hydrogens is 134 g/mol. The van der Waals surface area contributed by atoms with E-state index in [9.17, 15) is 5.11 Å². The van der Waals surface area contributed by atoms with Gasteiger partial charge in [-0.1, -0.05) is 0 Å². The van der Waals surface area contributed by atoms with Gasteiger partial charge in [0.25, 0.3) is 5.95 Å². The van der Waals surface area contributed by atoms with Crippen molar-refractivity contribution < 1.29 is 9.63 Å². The Morgan fingerprint density at radius 3 is 2.80 bits per heavy atom. The maximum Gasteiger partial charge on any atom is 0.288 e. The maximum absolute atomic E-state index is 10.3. The van der Waals surface area contributed by atoms with E-state index in [1.165, 1.54) is 6.92 Å². The number of aliphatic imine (C=N–C) groups is 1. The van der Waals surface area contributed by atoms with Crippen molar-refractivity contribution in [2.45, 2.75) is 13.8 Å². The molecule has 0 aliphatic carbocycles. The van der Waals surface area contributed by atoms with Gasteiger partial charge >= 0.3 is 0 Å². The van der Waals surface area contributed by atoms with Gasteiger partial charge in [-0.05, 0) is 18.0 Å². The molecule has 0 spiro atoms. The van der Waals surface area contributed by atoms with Crippen molar-refractivity contribution in [3.8, 4) is 0 Å². The first-order chi connectivity index (χ1) is 4.68. The average Bonchev–Trinajstić information content (AvgIpc) is 2.13. The molecule has 0 N–H and O–H groups in total. The van der Waals surface area contributed by atoms with E-state index in [1.54, 1.807) is 6.92 Å². The van der Waals surface area contributed by atoms with E-state index in [-0.39, 0.29) is 11.8 Å². The van der Waals surface area contributed by atoms with Gasteiger partial charge in [0.05, 0.1) is 0 Å². The highest BCUT2D eigenvalue weighted by Gasteiger charge is 1.95. The Hall–Kier alpha value is -1.39. The molecule has 0 radical (unpaired) electrons. The predicted octanol–water partition coefficient (Wildman–Crippen LogP) is -0.212. The number of aryl methyl sites for hydroxylation is 1. The summed E-state index contributed by atoms with van der Waals surface area (Å²) in [4.78, 5) is 7.11. The fourth-order valence-corrected chi connectivity index (χ4v) is 0.475. The first kappa shape index (κ1) is 6.73. The molecule has 54 valence electrons. The zero-order valence-corrected chi connectivity index (χ0v) is 5.66. The van der Waals surface area contributed by atoms with E-state index < -0.39 is 0 Å². The molecule has 0 atom stereocenters. The van der Waals surface area contributed by atoms with Crippen LogP contribution in [-0.4, -0.2) is 16.0 Å². The number of rotatable bonds is 1. The SMILES string of the molecule is C/C([O-])=N/c1noc(C)n1. The third-order valence-corrected chi connectivity index (χ3v) is 0.774. The summed E-state index contributed by atoms with van der Waals surface area (Å²) in [5.74, 6) is 0.158. The minimum atomic E-state index is -0.333. The van der Waals surface area contributed by atoms with Gasteiger partial charge < -0.3 is 9.63 Å². The summed E-state index contributed by atoms with van der Waals surface area (Å²) in [5.41, 5.74) is 0. The van der Waals surface area contributed by atoms with Crippen LogP contribution < -0.4 is 5.11 Å². The number of hydrogen-bond donors (Lipinski definition) is 0. The average molecular weight is 140 g/mol. The predicted molar refractivity (Wildman–Crippen MR) is 31.8 cm³/mol. The fourth-order valence-electron chi connectivity index (χ4n) is 0.475. The summed E-state index contributed by atoms with van der Waals surface area (Å²) in [6.45, 7) is 2.96. The molecule has 5 nitrogen and oxygen atoms in total. The van der Waals surface area contributed by atoms with Crippen molar-refractivity contribution in [1.82, 2.24) is 10.1 Å². The van der Waals surface area contributed by atoms with Crippen LogP contribution in [0.3, 0.4) is 0 Å². The van der Waals surface area contributed by atoms with Crippen molar-refractivity contribution in [3.63, 3.8) is 0 Å². The van der Waals surface area contributed by atoms with E-state index in [0.29, 0.717) is 5.89 Å². The zero-order valence-electron chi connectivity index (χ0n) is 5.66. The summed E-state index contributed by atoms with van der Waals surface area (Å²) < 4.78 is 4.56. The highest BCUT2D eigenvalue weighted by atomic mass is 16.5. The molecule has 0 fully saturated rings. The molecule has 0 aliphatic rings. The van der Waals surface area contributed by atoms with Crippen LogP contribution in [0.25, 0.3) is 0 Å². The van der Waals surface area contributed by atoms with Crippen LogP contribution in [0.4, 0.5) is 5.95 Å². The highest BCUT2D eigenvalue weighted by Crippen LogP contribution is 2.03. The van der Waals surface area contributed by atoms with Gasteiger partial charge in [-0.2, -0.15) is 4.98 Å². The van der Waals surface area contributed by atoms with Gasteiger partial charge in [-0.15, -0.1) is 0 Å². The Morgan fingerprint density at radius 2 is 2.40 bits per heavy atom. The molecule has 1 aromatic rings. The molecule has 0 aliphatic heterocycles. The lowest BCUT2D eigenvalue weighted by atomic mass is 10.7. The van der Waals surface area contributed by atoms with Crippen molar-refractivity contribution in [2.24, 2.45) is 4.99 Å². The standard InChI is InChI=1S/C5H7N3O2/c1-3(9)6-5-7-4(2)10-8-5/h1-2H3,(H,6,8,9)/p-1. The Labute approximate surface area is 57.4 Å². The van der Waals surface area contributed by atoms with Crippen molar-refractivity contribution in [1.29, 1.82) is 0 Å². The van der Waals surface area contributed by atoms with Crippen LogP contribution in [0.2, 0.25) is 0 Å². The Bertz CT molecular complexity index is 249. The molecule has 0 bridgehead atoms. The largest absolute Gasteiger partial charge is 0.862 e. The molecule has 1 aromatic heterocycles. The van der Waals surface area contributed by atoms with E-state index in [4.69, 9.17) is 0 Å². The summed E-state index contributed by atoms with van der Waals surface area (Å²) >= 11 is 0. The van der Waals surface area contributed by atoms with E-state index in [1.807, 2.05) is 0 Å². The maximum atomic E-state index is 10.3. The third kappa shape index (κ3) is 1.54. The van der Waals surface area contributed by atoms with Crippen LogP contribution >= 0.6 is 0 Å². The summed E-state index contributed by atoms with van der Waals surface area (Å²) in [7, 11) is 0. The summed E-state index contributed by atoms with van der Waals surface area (Å²) in [5, 5.41) is 13.7. The topological polar surface area (TPSA) is 74.3 Å². The van der Waals surface area contributed by atoms with Crippen LogP contribution in [0.5, 0.6) is 0 Å². The van der Waals surface area contributed by atoms with Crippen LogP contribution in [-0.2, 0) is 0 Å². The summed E-state index contributed by atoms with van der Waals surface area (Å²) in [6, 6.07) is 0. The molecule has 0 unspecified atom stereocenters. The van der Waals surface area contributed by atoms with Gasteiger partial charge in [-0.3, -0.25) is 0 Å². The van der Waals surface area contributed by atoms with Gasteiger partial charge in [0.15, 0.2) is 0 Å². The van der Waals surface area contributed by atoms with Crippen molar-refractivity contribution in [3.05, 3.63) is 5.89 Å². The first-order valence-corrected chi connectivity index (χ1v) is 2.71. The minimum Gasteiger partial charge on any atom is -0.862 e. The zero-order chi connectivity index (χ0) is 7.56. The minimum absolute atomic E-state index is 0.0880. The second-order valence-electron chi connectivity index (χ2n) is 1.74. The molecule has 5 heteroatoms. The van der Waals surface area contributed by atoms with Crippen LogP contribution in [0.15, 0.2) is 9.52 Å². The summed E-state index contributed by atoms with van der Waals surface area (Å²) in [6.07, 6.45) is 0. The van der Waals surface area contributed by atoms with Crippen molar-refractivity contribution in [2.75, 3.05) is 0 Å². The Morgan fingerprint density at radius 1 is 1.70 bits per heavy atom. The molecule has 1 rings (SSSR count). The molecule has 1 heterocycles. The monoisotopic (exact) mass is 140 g/mol. The molecule has 0 saturated carbocycles. The first-order valence-electron chi connectivity index (χ1n) is 2.71.